The first-order valence-corrected chi connectivity index (χ1v) is 8.59. The van der Waals surface area contributed by atoms with Crippen LogP contribution in [0.15, 0.2) is 53.9 Å². The van der Waals surface area contributed by atoms with Gasteiger partial charge in [-0.3, -0.25) is 4.79 Å². The van der Waals surface area contributed by atoms with Crippen LogP contribution in [0.5, 0.6) is 0 Å². The molecule has 2 heterocycles. The summed E-state index contributed by atoms with van der Waals surface area (Å²) in [6, 6.07) is 16.3. The molecule has 23 heavy (non-hydrogen) atoms. The molecule has 0 spiro atoms. The van der Waals surface area contributed by atoms with Gasteiger partial charge in [-0.25, -0.2) is 4.98 Å². The van der Waals surface area contributed by atoms with E-state index in [1.807, 2.05) is 42.2 Å². The SMILES string of the molecule is CCN1C(=O)Cc2c(-c3nc(-c4ccccc4)cs3)cccc21. The Hall–Kier alpha value is -2.46. The van der Waals surface area contributed by atoms with Crippen LogP contribution in [0.25, 0.3) is 21.8 Å². The molecule has 3 nitrogen and oxygen atoms in total. The number of carbonyl (C=O) groups is 1. The molecule has 0 radical (unpaired) electrons. The first kappa shape index (κ1) is 14.2. The molecular weight excluding hydrogens is 304 g/mol. The lowest BCUT2D eigenvalue weighted by Gasteiger charge is -2.14. The third kappa shape index (κ3) is 2.35. The van der Waals surface area contributed by atoms with Crippen LogP contribution in [0.3, 0.4) is 0 Å². The predicted octanol–water partition coefficient (Wildman–Crippen LogP) is 4.39. The number of amides is 1. The van der Waals surface area contributed by atoms with Gasteiger partial charge in [-0.15, -0.1) is 11.3 Å². The minimum Gasteiger partial charge on any atom is -0.312 e. The molecule has 1 amide bonds. The maximum atomic E-state index is 12.2. The van der Waals surface area contributed by atoms with E-state index in [1.165, 1.54) is 0 Å². The number of nitrogens with zero attached hydrogens (tertiary/aromatic N) is 2. The molecule has 0 N–H and O–H groups in total. The zero-order chi connectivity index (χ0) is 15.8. The van der Waals surface area contributed by atoms with E-state index in [1.54, 1.807) is 11.3 Å². The minimum absolute atomic E-state index is 0.176. The topological polar surface area (TPSA) is 33.2 Å². The van der Waals surface area contributed by atoms with E-state index in [2.05, 4.69) is 23.6 Å². The van der Waals surface area contributed by atoms with E-state index in [4.69, 9.17) is 4.98 Å². The third-order valence-corrected chi connectivity index (χ3v) is 5.07. The zero-order valence-corrected chi connectivity index (χ0v) is 13.6. The number of likely N-dealkylation sites (N-methyl/N-ethyl adjacent to an activating group) is 1. The lowest BCUT2D eigenvalue weighted by Crippen LogP contribution is -2.25. The summed E-state index contributed by atoms with van der Waals surface area (Å²) in [5.41, 5.74) is 5.33. The van der Waals surface area contributed by atoms with Crippen molar-refractivity contribution in [3.05, 3.63) is 59.5 Å². The maximum Gasteiger partial charge on any atom is 0.231 e. The van der Waals surface area contributed by atoms with Gasteiger partial charge in [-0.05, 0) is 18.6 Å². The Kier molecular flexibility index (Phi) is 3.46. The van der Waals surface area contributed by atoms with Crippen LogP contribution in [0, 0.1) is 0 Å². The number of benzene rings is 2. The van der Waals surface area contributed by atoms with E-state index in [9.17, 15) is 4.79 Å². The number of carbonyl (C=O) groups excluding carboxylic acids is 1. The second kappa shape index (κ2) is 5.63. The molecule has 0 saturated carbocycles. The van der Waals surface area contributed by atoms with Gasteiger partial charge in [0.05, 0.1) is 12.1 Å². The van der Waals surface area contributed by atoms with Gasteiger partial charge in [0, 0.05) is 28.7 Å². The Bertz CT molecular complexity index is 870. The minimum atomic E-state index is 0.176. The van der Waals surface area contributed by atoms with Crippen molar-refractivity contribution in [2.24, 2.45) is 0 Å². The molecule has 3 aromatic rings. The number of thiazole rings is 1. The first-order valence-electron chi connectivity index (χ1n) is 7.71. The molecule has 0 aliphatic carbocycles. The highest BCUT2D eigenvalue weighted by molar-refractivity contribution is 7.13. The van der Waals surface area contributed by atoms with Crippen molar-refractivity contribution < 1.29 is 4.79 Å². The molecule has 0 bridgehead atoms. The average Bonchev–Trinajstić information content (AvgIpc) is 3.19. The summed E-state index contributed by atoms with van der Waals surface area (Å²) in [6.07, 6.45) is 0.472. The molecule has 1 aliphatic heterocycles. The summed E-state index contributed by atoms with van der Waals surface area (Å²) in [6.45, 7) is 2.72. The quantitative estimate of drug-likeness (QED) is 0.717. The van der Waals surface area contributed by atoms with Crippen LogP contribution in [0.4, 0.5) is 5.69 Å². The van der Waals surface area contributed by atoms with Crippen molar-refractivity contribution >= 4 is 22.9 Å². The molecule has 0 unspecified atom stereocenters. The van der Waals surface area contributed by atoms with Crippen molar-refractivity contribution in [3.63, 3.8) is 0 Å². The molecule has 0 atom stereocenters. The van der Waals surface area contributed by atoms with Gasteiger partial charge < -0.3 is 4.90 Å². The van der Waals surface area contributed by atoms with E-state index >= 15 is 0 Å². The molecule has 114 valence electrons. The van der Waals surface area contributed by atoms with Gasteiger partial charge >= 0.3 is 0 Å². The van der Waals surface area contributed by atoms with Crippen molar-refractivity contribution in [3.8, 4) is 21.8 Å². The highest BCUT2D eigenvalue weighted by Gasteiger charge is 2.28. The Morgan fingerprint density at radius 3 is 2.74 bits per heavy atom. The molecule has 4 rings (SSSR count). The highest BCUT2D eigenvalue weighted by Crippen LogP contribution is 2.38. The van der Waals surface area contributed by atoms with Crippen LogP contribution in [-0.4, -0.2) is 17.4 Å². The van der Waals surface area contributed by atoms with E-state index in [-0.39, 0.29) is 5.91 Å². The van der Waals surface area contributed by atoms with Crippen LogP contribution in [0.1, 0.15) is 12.5 Å². The zero-order valence-electron chi connectivity index (χ0n) is 12.8. The third-order valence-electron chi connectivity index (χ3n) is 4.19. The largest absolute Gasteiger partial charge is 0.312 e. The predicted molar refractivity (Wildman–Crippen MR) is 94.7 cm³/mol. The van der Waals surface area contributed by atoms with Crippen molar-refractivity contribution in [1.82, 2.24) is 4.98 Å². The number of anilines is 1. The standard InChI is InChI=1S/C19H16N2OS/c1-2-21-17-10-6-9-14(15(17)11-18(21)22)19-20-16(12-23-19)13-7-4-3-5-8-13/h3-10,12H,2,11H2,1H3. The average molecular weight is 320 g/mol. The lowest BCUT2D eigenvalue weighted by atomic mass is 10.1. The Labute approximate surface area is 139 Å². The number of rotatable bonds is 3. The summed E-state index contributed by atoms with van der Waals surface area (Å²) < 4.78 is 0. The molecule has 1 aliphatic rings. The second-order valence-electron chi connectivity index (χ2n) is 5.52. The van der Waals surface area contributed by atoms with Crippen molar-refractivity contribution in [2.45, 2.75) is 13.3 Å². The Morgan fingerprint density at radius 2 is 1.96 bits per heavy atom. The summed E-state index contributed by atoms with van der Waals surface area (Å²) in [4.78, 5) is 18.8. The first-order chi connectivity index (χ1) is 11.3. The van der Waals surface area contributed by atoms with Gasteiger partial charge in [0.15, 0.2) is 0 Å². The smallest absolute Gasteiger partial charge is 0.231 e. The van der Waals surface area contributed by atoms with Crippen LogP contribution in [-0.2, 0) is 11.2 Å². The van der Waals surface area contributed by atoms with Crippen molar-refractivity contribution in [1.29, 1.82) is 0 Å². The number of aromatic nitrogens is 1. The van der Waals surface area contributed by atoms with Gasteiger partial charge in [0.25, 0.3) is 0 Å². The fourth-order valence-corrected chi connectivity index (χ4v) is 3.96. The summed E-state index contributed by atoms with van der Waals surface area (Å²) in [7, 11) is 0. The highest BCUT2D eigenvalue weighted by atomic mass is 32.1. The van der Waals surface area contributed by atoms with E-state index in [0.717, 1.165) is 33.1 Å². The Balaban J connectivity index is 1.78. The van der Waals surface area contributed by atoms with Gasteiger partial charge in [-0.1, -0.05) is 42.5 Å². The van der Waals surface area contributed by atoms with Crippen LogP contribution < -0.4 is 4.90 Å². The van der Waals surface area contributed by atoms with Gasteiger partial charge in [-0.2, -0.15) is 0 Å². The summed E-state index contributed by atoms with van der Waals surface area (Å²) in [5.74, 6) is 0.176. The van der Waals surface area contributed by atoms with E-state index in [0.29, 0.717) is 13.0 Å². The van der Waals surface area contributed by atoms with E-state index < -0.39 is 0 Å². The van der Waals surface area contributed by atoms with Crippen LogP contribution in [0.2, 0.25) is 0 Å². The fraction of sp³-hybridized carbons (Fsp3) is 0.158. The van der Waals surface area contributed by atoms with Gasteiger partial charge in [0.2, 0.25) is 5.91 Å². The molecule has 4 heteroatoms. The number of hydrogen-bond donors (Lipinski definition) is 0. The normalized spacial score (nSPS) is 13.4. The lowest BCUT2D eigenvalue weighted by molar-refractivity contribution is -0.117. The molecule has 0 fully saturated rings. The maximum absolute atomic E-state index is 12.2. The fourth-order valence-electron chi connectivity index (χ4n) is 3.08. The monoisotopic (exact) mass is 320 g/mol. The summed E-state index contributed by atoms with van der Waals surface area (Å²) >= 11 is 1.63. The summed E-state index contributed by atoms with van der Waals surface area (Å²) in [5, 5.41) is 3.06. The molecule has 1 aromatic heterocycles. The molecular formula is C19H16N2OS. The number of hydrogen-bond acceptors (Lipinski definition) is 3. The molecule has 2 aromatic carbocycles. The van der Waals surface area contributed by atoms with Gasteiger partial charge in [0.1, 0.15) is 5.01 Å². The van der Waals surface area contributed by atoms with Crippen molar-refractivity contribution in [2.75, 3.05) is 11.4 Å². The van der Waals surface area contributed by atoms with Crippen LogP contribution >= 0.6 is 11.3 Å². The second-order valence-corrected chi connectivity index (χ2v) is 6.38. The molecule has 0 saturated heterocycles. The number of fused-ring (bicyclic) bond motifs is 1. The Morgan fingerprint density at radius 1 is 1.13 bits per heavy atom.